The Hall–Kier alpha value is -0.660. The fourth-order valence-corrected chi connectivity index (χ4v) is 2.58. The molecule has 0 aromatic heterocycles. The van der Waals surface area contributed by atoms with Crippen LogP contribution in [0.1, 0.15) is 13.8 Å². The standard InChI is InChI=1S/C8H17NO5S/c1-6(2)5-15(12,13)9-7(4-10)8(11)14-3/h6-7,9-10H,4-5H2,1-3H3. The quantitative estimate of drug-likeness (QED) is 0.586. The summed E-state index contributed by atoms with van der Waals surface area (Å²) >= 11 is 0. The van der Waals surface area contributed by atoms with Gasteiger partial charge in [0.05, 0.1) is 19.5 Å². The van der Waals surface area contributed by atoms with Crippen molar-refractivity contribution in [1.29, 1.82) is 0 Å². The van der Waals surface area contributed by atoms with E-state index < -0.39 is 28.6 Å². The van der Waals surface area contributed by atoms with E-state index in [9.17, 15) is 13.2 Å². The van der Waals surface area contributed by atoms with Gasteiger partial charge in [-0.2, -0.15) is 4.72 Å². The largest absolute Gasteiger partial charge is 0.468 e. The highest BCUT2D eigenvalue weighted by molar-refractivity contribution is 7.89. The van der Waals surface area contributed by atoms with E-state index in [1.54, 1.807) is 13.8 Å². The molecule has 1 unspecified atom stereocenters. The van der Waals surface area contributed by atoms with Crippen molar-refractivity contribution < 1.29 is 23.1 Å². The molecule has 0 fully saturated rings. The third kappa shape index (κ3) is 5.71. The first kappa shape index (κ1) is 14.3. The lowest BCUT2D eigenvalue weighted by atomic mass is 10.3. The van der Waals surface area contributed by atoms with Crippen molar-refractivity contribution >= 4 is 16.0 Å². The highest BCUT2D eigenvalue weighted by Gasteiger charge is 2.24. The summed E-state index contributed by atoms with van der Waals surface area (Å²) in [4.78, 5) is 11.0. The Morgan fingerprint density at radius 3 is 2.33 bits per heavy atom. The number of ether oxygens (including phenoxy) is 1. The summed E-state index contributed by atoms with van der Waals surface area (Å²) in [5.74, 6) is -0.954. The van der Waals surface area contributed by atoms with E-state index >= 15 is 0 Å². The van der Waals surface area contributed by atoms with E-state index in [4.69, 9.17) is 5.11 Å². The Bertz CT molecular complexity index is 298. The molecule has 0 heterocycles. The third-order valence-electron chi connectivity index (χ3n) is 1.54. The average molecular weight is 239 g/mol. The van der Waals surface area contributed by atoms with Gasteiger partial charge in [-0.15, -0.1) is 0 Å². The van der Waals surface area contributed by atoms with Crippen LogP contribution in [0.5, 0.6) is 0 Å². The molecule has 0 aromatic carbocycles. The zero-order valence-electron chi connectivity index (χ0n) is 9.06. The number of carbonyl (C=O) groups is 1. The summed E-state index contributed by atoms with van der Waals surface area (Å²) < 4.78 is 29.2. The van der Waals surface area contributed by atoms with Gasteiger partial charge >= 0.3 is 5.97 Å². The molecule has 15 heavy (non-hydrogen) atoms. The summed E-state index contributed by atoms with van der Waals surface area (Å²) in [7, 11) is -2.43. The Balaban J connectivity index is 4.48. The monoisotopic (exact) mass is 239 g/mol. The second kappa shape index (κ2) is 6.04. The fraction of sp³-hybridized carbons (Fsp3) is 0.875. The van der Waals surface area contributed by atoms with Gasteiger partial charge in [0.25, 0.3) is 0 Å². The van der Waals surface area contributed by atoms with Crippen LogP contribution in [0.25, 0.3) is 0 Å². The second-order valence-electron chi connectivity index (χ2n) is 3.55. The summed E-state index contributed by atoms with van der Waals surface area (Å²) in [6.45, 7) is 2.86. The van der Waals surface area contributed by atoms with E-state index in [0.717, 1.165) is 7.11 Å². The molecule has 7 heteroatoms. The summed E-state index contributed by atoms with van der Waals surface area (Å²) in [5.41, 5.74) is 0. The molecule has 1 atom stereocenters. The fourth-order valence-electron chi connectivity index (χ4n) is 1.01. The Kier molecular flexibility index (Phi) is 5.77. The Morgan fingerprint density at radius 2 is 2.00 bits per heavy atom. The molecule has 0 aromatic rings. The van der Waals surface area contributed by atoms with Gasteiger partial charge in [-0.3, -0.25) is 4.79 Å². The Labute approximate surface area is 89.7 Å². The number of nitrogens with one attached hydrogen (secondary N) is 1. The predicted octanol–water partition coefficient (Wildman–Crippen LogP) is -0.904. The third-order valence-corrected chi connectivity index (χ3v) is 3.29. The summed E-state index contributed by atoms with van der Waals surface area (Å²) in [5, 5.41) is 8.80. The molecule has 2 N–H and O–H groups in total. The SMILES string of the molecule is COC(=O)C(CO)NS(=O)(=O)CC(C)C. The van der Waals surface area contributed by atoms with Crippen LogP contribution in [-0.2, 0) is 19.6 Å². The van der Waals surface area contributed by atoms with E-state index in [1.807, 2.05) is 0 Å². The Morgan fingerprint density at radius 1 is 1.47 bits per heavy atom. The second-order valence-corrected chi connectivity index (χ2v) is 5.35. The molecule has 0 aliphatic heterocycles. The van der Waals surface area contributed by atoms with E-state index in [0.29, 0.717) is 0 Å². The maximum absolute atomic E-state index is 11.4. The normalized spacial score (nSPS) is 13.9. The van der Waals surface area contributed by atoms with Gasteiger partial charge in [0.1, 0.15) is 6.04 Å². The molecule has 0 spiro atoms. The molecule has 0 saturated carbocycles. The van der Waals surface area contributed by atoms with Crippen LogP contribution < -0.4 is 4.72 Å². The molecule has 6 nitrogen and oxygen atoms in total. The molecule has 90 valence electrons. The van der Waals surface area contributed by atoms with Crippen molar-refractivity contribution in [2.75, 3.05) is 19.5 Å². The van der Waals surface area contributed by atoms with Crippen LogP contribution in [0.3, 0.4) is 0 Å². The van der Waals surface area contributed by atoms with E-state index in [1.165, 1.54) is 0 Å². The molecule has 0 amide bonds. The number of aliphatic hydroxyl groups excluding tert-OH is 1. The lowest BCUT2D eigenvalue weighted by Crippen LogP contribution is -2.45. The minimum absolute atomic E-state index is 0.0560. The lowest BCUT2D eigenvalue weighted by molar-refractivity contribution is -0.143. The number of sulfonamides is 1. The van der Waals surface area contributed by atoms with Crippen molar-refractivity contribution in [3.8, 4) is 0 Å². The van der Waals surface area contributed by atoms with Crippen LogP contribution in [0, 0.1) is 5.92 Å². The van der Waals surface area contributed by atoms with Gasteiger partial charge in [0, 0.05) is 0 Å². The number of hydrogen-bond donors (Lipinski definition) is 2. The molecule has 0 aliphatic rings. The van der Waals surface area contributed by atoms with E-state index in [-0.39, 0.29) is 11.7 Å². The summed E-state index contributed by atoms with van der Waals surface area (Å²) in [6.07, 6.45) is 0. The van der Waals surface area contributed by atoms with Gasteiger partial charge in [0.2, 0.25) is 10.0 Å². The smallest absolute Gasteiger partial charge is 0.326 e. The summed E-state index contributed by atoms with van der Waals surface area (Å²) in [6, 6.07) is -1.22. The maximum atomic E-state index is 11.4. The molecule has 0 rings (SSSR count). The number of carbonyl (C=O) groups excluding carboxylic acids is 1. The zero-order valence-corrected chi connectivity index (χ0v) is 9.87. The number of hydrogen-bond acceptors (Lipinski definition) is 5. The van der Waals surface area contributed by atoms with Crippen LogP contribution >= 0.6 is 0 Å². The topological polar surface area (TPSA) is 92.7 Å². The zero-order chi connectivity index (χ0) is 12.1. The first-order valence-electron chi connectivity index (χ1n) is 4.51. The van der Waals surface area contributed by atoms with Gasteiger partial charge in [-0.05, 0) is 5.92 Å². The highest BCUT2D eigenvalue weighted by Crippen LogP contribution is 1.99. The van der Waals surface area contributed by atoms with Crippen LogP contribution in [0.2, 0.25) is 0 Å². The number of esters is 1. The molecular weight excluding hydrogens is 222 g/mol. The molecule has 0 aliphatic carbocycles. The predicted molar refractivity (Wildman–Crippen MR) is 54.7 cm³/mol. The van der Waals surface area contributed by atoms with Crippen LogP contribution in [0.4, 0.5) is 0 Å². The van der Waals surface area contributed by atoms with Gasteiger partial charge in [-0.1, -0.05) is 13.8 Å². The molecule has 0 radical (unpaired) electrons. The number of rotatable bonds is 6. The maximum Gasteiger partial charge on any atom is 0.326 e. The van der Waals surface area contributed by atoms with Crippen LogP contribution in [0.15, 0.2) is 0 Å². The lowest BCUT2D eigenvalue weighted by Gasteiger charge is -2.14. The van der Waals surface area contributed by atoms with E-state index in [2.05, 4.69) is 9.46 Å². The van der Waals surface area contributed by atoms with Gasteiger partial charge in [0.15, 0.2) is 0 Å². The first-order valence-corrected chi connectivity index (χ1v) is 6.16. The van der Waals surface area contributed by atoms with Crippen molar-refractivity contribution in [2.24, 2.45) is 5.92 Å². The molecular formula is C8H17NO5S. The van der Waals surface area contributed by atoms with Gasteiger partial charge < -0.3 is 9.84 Å². The minimum Gasteiger partial charge on any atom is -0.468 e. The van der Waals surface area contributed by atoms with Crippen LogP contribution in [-0.4, -0.2) is 45.0 Å². The number of aliphatic hydroxyl groups is 1. The molecule has 0 bridgehead atoms. The first-order chi connectivity index (χ1) is 6.82. The van der Waals surface area contributed by atoms with Crippen molar-refractivity contribution in [2.45, 2.75) is 19.9 Å². The van der Waals surface area contributed by atoms with Gasteiger partial charge in [-0.25, -0.2) is 8.42 Å². The minimum atomic E-state index is -3.56. The van der Waals surface area contributed by atoms with Crippen molar-refractivity contribution in [3.05, 3.63) is 0 Å². The highest BCUT2D eigenvalue weighted by atomic mass is 32.2. The number of methoxy groups -OCH3 is 1. The van der Waals surface area contributed by atoms with Crippen molar-refractivity contribution in [1.82, 2.24) is 4.72 Å². The van der Waals surface area contributed by atoms with Crippen molar-refractivity contribution in [3.63, 3.8) is 0 Å². The average Bonchev–Trinajstić information content (AvgIpc) is 2.11. The molecule has 0 saturated heterocycles.